The Morgan fingerprint density at radius 3 is 2.35 bits per heavy atom. The molecule has 0 saturated heterocycles. The van der Waals surface area contributed by atoms with E-state index in [4.69, 9.17) is 4.74 Å². The van der Waals surface area contributed by atoms with Gasteiger partial charge in [0, 0.05) is 41.5 Å². The maximum atomic E-state index is 13.3. The molecule has 0 radical (unpaired) electrons. The van der Waals surface area contributed by atoms with Crippen LogP contribution in [0.15, 0.2) is 70.9 Å². The number of methoxy groups -OCH3 is 1. The molecule has 2 aromatic carbocycles. The molecule has 7 nitrogen and oxygen atoms in total. The SMILES string of the molecule is COC(=O)C1C(C)=NC2=C(C(=O)C[C@@H](c3ccccc3)C2)[C@@H]1c1ccc([N+](=O)[O-])cc1. The van der Waals surface area contributed by atoms with Gasteiger partial charge in [-0.1, -0.05) is 42.5 Å². The van der Waals surface area contributed by atoms with Crippen molar-refractivity contribution < 1.29 is 19.2 Å². The first-order valence-corrected chi connectivity index (χ1v) is 10.1. The molecule has 1 unspecified atom stereocenters. The maximum Gasteiger partial charge on any atom is 0.315 e. The Bertz CT molecular complexity index is 1100. The predicted octanol–water partition coefficient (Wildman–Crippen LogP) is 4.34. The van der Waals surface area contributed by atoms with E-state index in [9.17, 15) is 19.7 Å². The minimum Gasteiger partial charge on any atom is -0.468 e. The van der Waals surface area contributed by atoms with Crippen LogP contribution in [0, 0.1) is 16.0 Å². The molecule has 4 rings (SSSR count). The number of nitro groups is 1. The molecule has 0 amide bonds. The summed E-state index contributed by atoms with van der Waals surface area (Å²) in [5, 5.41) is 11.1. The molecular formula is C24H22N2O5. The number of benzene rings is 2. The number of carbonyl (C=O) groups excluding carboxylic acids is 2. The number of nitrogens with zero attached hydrogens (tertiary/aromatic N) is 2. The fraction of sp³-hybridized carbons (Fsp3) is 0.292. The number of rotatable bonds is 4. The fourth-order valence-electron chi connectivity index (χ4n) is 4.62. The van der Waals surface area contributed by atoms with Crippen molar-refractivity contribution in [3.8, 4) is 0 Å². The average Bonchev–Trinajstić information content (AvgIpc) is 2.78. The number of carbonyl (C=O) groups is 2. The van der Waals surface area contributed by atoms with E-state index in [1.54, 1.807) is 19.1 Å². The van der Waals surface area contributed by atoms with E-state index in [0.717, 1.165) is 5.56 Å². The van der Waals surface area contributed by atoms with Crippen molar-refractivity contribution in [2.24, 2.45) is 10.9 Å². The third-order valence-electron chi connectivity index (χ3n) is 6.08. The first kappa shape index (κ1) is 20.7. The second-order valence-corrected chi connectivity index (χ2v) is 7.88. The van der Waals surface area contributed by atoms with Gasteiger partial charge in [0.05, 0.1) is 12.0 Å². The van der Waals surface area contributed by atoms with Crippen molar-refractivity contribution in [3.63, 3.8) is 0 Å². The molecule has 0 N–H and O–H groups in total. The second kappa shape index (κ2) is 8.26. The summed E-state index contributed by atoms with van der Waals surface area (Å²) in [5.41, 5.74) is 3.47. The van der Waals surface area contributed by atoms with E-state index >= 15 is 0 Å². The lowest BCUT2D eigenvalue weighted by Crippen LogP contribution is -2.37. The minimum atomic E-state index is -0.748. The summed E-state index contributed by atoms with van der Waals surface area (Å²) >= 11 is 0. The van der Waals surface area contributed by atoms with Crippen LogP contribution in [0.3, 0.4) is 0 Å². The van der Waals surface area contributed by atoms with Gasteiger partial charge in [-0.05, 0) is 30.4 Å². The number of ether oxygens (including phenoxy) is 1. The predicted molar refractivity (Wildman–Crippen MR) is 115 cm³/mol. The summed E-state index contributed by atoms with van der Waals surface area (Å²) in [6, 6.07) is 15.9. The molecule has 0 aromatic heterocycles. The van der Waals surface area contributed by atoms with Gasteiger partial charge in [0.1, 0.15) is 5.92 Å². The third-order valence-corrected chi connectivity index (χ3v) is 6.08. The Balaban J connectivity index is 1.80. The molecule has 1 heterocycles. The fourth-order valence-corrected chi connectivity index (χ4v) is 4.62. The van der Waals surface area contributed by atoms with Gasteiger partial charge >= 0.3 is 5.97 Å². The second-order valence-electron chi connectivity index (χ2n) is 7.88. The summed E-state index contributed by atoms with van der Waals surface area (Å²) in [5.74, 6) is -1.83. The number of non-ortho nitro benzene ring substituents is 1. The van der Waals surface area contributed by atoms with Crippen LogP contribution in [-0.4, -0.2) is 29.5 Å². The monoisotopic (exact) mass is 418 g/mol. The number of hydrogen-bond donors (Lipinski definition) is 0. The molecule has 2 aromatic rings. The third kappa shape index (κ3) is 3.79. The minimum absolute atomic E-state index is 0.0242. The molecule has 3 atom stereocenters. The molecular weight excluding hydrogens is 396 g/mol. The Labute approximate surface area is 179 Å². The lowest BCUT2D eigenvalue weighted by molar-refractivity contribution is -0.384. The van der Waals surface area contributed by atoms with Gasteiger partial charge in [0.15, 0.2) is 5.78 Å². The first-order chi connectivity index (χ1) is 14.9. The van der Waals surface area contributed by atoms with Crippen LogP contribution in [0.1, 0.15) is 42.7 Å². The van der Waals surface area contributed by atoms with Crippen molar-refractivity contribution in [2.75, 3.05) is 7.11 Å². The highest BCUT2D eigenvalue weighted by Crippen LogP contribution is 2.46. The van der Waals surface area contributed by atoms with Crippen molar-refractivity contribution in [3.05, 3.63) is 87.1 Å². The largest absolute Gasteiger partial charge is 0.468 e. The van der Waals surface area contributed by atoms with E-state index in [1.807, 2.05) is 30.3 Å². The van der Waals surface area contributed by atoms with Gasteiger partial charge in [-0.25, -0.2) is 0 Å². The first-order valence-electron chi connectivity index (χ1n) is 10.1. The molecule has 2 aliphatic rings. The highest BCUT2D eigenvalue weighted by molar-refractivity contribution is 6.09. The van der Waals surface area contributed by atoms with E-state index < -0.39 is 22.7 Å². The van der Waals surface area contributed by atoms with Gasteiger partial charge in [-0.2, -0.15) is 0 Å². The van der Waals surface area contributed by atoms with E-state index in [-0.39, 0.29) is 17.4 Å². The number of nitro benzene ring substituents is 1. The lowest BCUT2D eigenvalue weighted by atomic mass is 9.69. The van der Waals surface area contributed by atoms with Gasteiger partial charge in [0.2, 0.25) is 0 Å². The topological polar surface area (TPSA) is 98.9 Å². The van der Waals surface area contributed by atoms with Crippen LogP contribution < -0.4 is 0 Å². The molecule has 0 fully saturated rings. The highest BCUT2D eigenvalue weighted by atomic mass is 16.6. The number of ketones is 1. The molecule has 158 valence electrons. The zero-order chi connectivity index (χ0) is 22.1. The van der Waals surface area contributed by atoms with Crippen LogP contribution in [0.25, 0.3) is 0 Å². The van der Waals surface area contributed by atoms with Crippen LogP contribution in [-0.2, 0) is 14.3 Å². The van der Waals surface area contributed by atoms with Gasteiger partial charge in [-0.3, -0.25) is 24.7 Å². The lowest BCUT2D eigenvalue weighted by Gasteiger charge is -2.36. The summed E-state index contributed by atoms with van der Waals surface area (Å²) in [6.45, 7) is 1.76. The number of Topliss-reactive ketones (excluding diaryl/α,β-unsaturated/α-hetero) is 1. The van der Waals surface area contributed by atoms with Crippen molar-refractivity contribution in [1.82, 2.24) is 0 Å². The number of hydrogen-bond acceptors (Lipinski definition) is 6. The average molecular weight is 418 g/mol. The molecule has 0 spiro atoms. The van der Waals surface area contributed by atoms with Crippen LogP contribution in [0.5, 0.6) is 0 Å². The zero-order valence-corrected chi connectivity index (χ0v) is 17.3. The Kier molecular flexibility index (Phi) is 5.50. The summed E-state index contributed by atoms with van der Waals surface area (Å²) in [6.07, 6.45) is 0.925. The normalized spacial score (nSPS) is 23.1. The number of esters is 1. The van der Waals surface area contributed by atoms with Gasteiger partial charge < -0.3 is 4.74 Å². The Hall–Kier alpha value is -3.61. The number of aliphatic imine (C=N–C) groups is 1. The molecule has 0 saturated carbocycles. The zero-order valence-electron chi connectivity index (χ0n) is 17.3. The van der Waals surface area contributed by atoms with Crippen molar-refractivity contribution in [1.29, 1.82) is 0 Å². The van der Waals surface area contributed by atoms with Crippen molar-refractivity contribution in [2.45, 2.75) is 31.6 Å². The van der Waals surface area contributed by atoms with E-state index in [2.05, 4.69) is 4.99 Å². The van der Waals surface area contributed by atoms with Crippen LogP contribution in [0.4, 0.5) is 5.69 Å². The summed E-state index contributed by atoms with van der Waals surface area (Å²) in [7, 11) is 1.31. The Morgan fingerprint density at radius 2 is 1.74 bits per heavy atom. The smallest absolute Gasteiger partial charge is 0.315 e. The summed E-state index contributed by atoms with van der Waals surface area (Å²) < 4.78 is 5.02. The molecule has 1 aliphatic heterocycles. The quantitative estimate of drug-likeness (QED) is 0.418. The molecule has 1 aliphatic carbocycles. The van der Waals surface area contributed by atoms with E-state index in [1.165, 1.54) is 19.2 Å². The van der Waals surface area contributed by atoms with Gasteiger partial charge in [-0.15, -0.1) is 0 Å². The van der Waals surface area contributed by atoms with Gasteiger partial charge in [0.25, 0.3) is 5.69 Å². The van der Waals surface area contributed by atoms with E-state index in [0.29, 0.717) is 35.4 Å². The molecule has 7 heteroatoms. The van der Waals surface area contributed by atoms with Crippen molar-refractivity contribution >= 4 is 23.2 Å². The highest BCUT2D eigenvalue weighted by Gasteiger charge is 2.44. The number of allylic oxidation sites excluding steroid dienone is 2. The van der Waals surface area contributed by atoms with Crippen LogP contribution >= 0.6 is 0 Å². The summed E-state index contributed by atoms with van der Waals surface area (Å²) in [4.78, 5) is 41.3. The maximum absolute atomic E-state index is 13.3. The molecule has 0 bridgehead atoms. The standard InChI is InChI=1S/C24H22N2O5/c1-14-21(24(28)31-2)22(16-8-10-18(11-9-16)26(29)30)23-19(25-14)12-17(13-20(23)27)15-6-4-3-5-7-15/h3-11,17,21-22H,12-13H2,1-2H3/t17-,21?,22+/m0/s1. The Morgan fingerprint density at radius 1 is 1.06 bits per heavy atom. The molecule has 31 heavy (non-hydrogen) atoms. The van der Waals surface area contributed by atoms with Crippen LogP contribution in [0.2, 0.25) is 0 Å².